The zero-order valence-electron chi connectivity index (χ0n) is 18.8. The second kappa shape index (κ2) is 7.11. The Hall–Kier alpha value is -4.27. The molecule has 0 atom stereocenters. The van der Waals surface area contributed by atoms with Gasteiger partial charge in [-0.1, -0.05) is 91.0 Å². The van der Waals surface area contributed by atoms with Crippen LogP contribution in [0.3, 0.4) is 0 Å². The molecule has 0 saturated heterocycles. The van der Waals surface area contributed by atoms with Crippen LogP contribution in [0.25, 0.3) is 74.5 Å². The molecule has 8 aromatic rings. The highest BCUT2D eigenvalue weighted by molar-refractivity contribution is 7.25. The van der Waals surface area contributed by atoms with E-state index >= 15 is 0 Å². The molecule has 0 radical (unpaired) electrons. The normalized spacial score (nSPS) is 12.0. The van der Waals surface area contributed by atoms with E-state index in [9.17, 15) is 0 Å². The quantitative estimate of drug-likeness (QED) is 0.222. The molecule has 162 valence electrons. The summed E-state index contributed by atoms with van der Waals surface area (Å²) in [5.74, 6) is 0. The second-order valence-electron chi connectivity index (χ2n) is 9.19. The van der Waals surface area contributed by atoms with Crippen LogP contribution in [0.2, 0.25) is 0 Å². The van der Waals surface area contributed by atoms with Crippen LogP contribution in [0.4, 0.5) is 0 Å². The average molecular weight is 462 g/mol. The third-order valence-corrected chi connectivity index (χ3v) is 8.38. The Labute approximate surface area is 205 Å². The van der Waals surface area contributed by atoms with Gasteiger partial charge < -0.3 is 0 Å². The summed E-state index contributed by atoms with van der Waals surface area (Å²) < 4.78 is 1.29. The Bertz CT molecular complexity index is 2080. The van der Waals surface area contributed by atoms with Gasteiger partial charge in [-0.3, -0.25) is 0 Å². The Morgan fingerprint density at radius 1 is 0.457 bits per heavy atom. The van der Waals surface area contributed by atoms with Gasteiger partial charge in [0.15, 0.2) is 0 Å². The molecule has 0 N–H and O–H groups in total. The number of fused-ring (bicyclic) bond motifs is 11. The minimum atomic E-state index is 1.11. The van der Waals surface area contributed by atoms with Gasteiger partial charge in [-0.25, -0.2) is 4.98 Å². The first-order valence-corrected chi connectivity index (χ1v) is 12.7. The summed E-state index contributed by atoms with van der Waals surface area (Å²) in [6.45, 7) is 0. The summed E-state index contributed by atoms with van der Waals surface area (Å²) in [7, 11) is 0. The van der Waals surface area contributed by atoms with Crippen LogP contribution in [0, 0.1) is 0 Å². The van der Waals surface area contributed by atoms with Crippen molar-refractivity contribution < 1.29 is 0 Å². The summed E-state index contributed by atoms with van der Waals surface area (Å²) in [4.78, 5) is 5.93. The molecule has 0 aliphatic heterocycles. The molecule has 0 amide bonds. The van der Waals surface area contributed by atoms with Crippen LogP contribution in [-0.2, 0) is 0 Å². The van der Waals surface area contributed by atoms with Crippen molar-refractivity contribution in [2.75, 3.05) is 0 Å². The Kier molecular flexibility index (Phi) is 3.88. The molecule has 35 heavy (non-hydrogen) atoms. The summed E-state index contributed by atoms with van der Waals surface area (Å²) in [6.07, 6.45) is 2.03. The van der Waals surface area contributed by atoms with Gasteiger partial charge in [0.25, 0.3) is 0 Å². The van der Waals surface area contributed by atoms with E-state index in [0.29, 0.717) is 0 Å². The van der Waals surface area contributed by atoms with Crippen molar-refractivity contribution in [3.05, 3.63) is 115 Å². The highest BCUT2D eigenvalue weighted by Gasteiger charge is 2.12. The molecule has 0 bridgehead atoms. The first kappa shape index (κ1) is 19.1. The number of nitrogens with zero attached hydrogens (tertiary/aromatic N) is 1. The van der Waals surface area contributed by atoms with Crippen molar-refractivity contribution in [1.82, 2.24) is 4.98 Å². The Morgan fingerprint density at radius 3 is 1.71 bits per heavy atom. The van der Waals surface area contributed by atoms with Crippen LogP contribution in [-0.4, -0.2) is 4.98 Å². The largest absolute Gasteiger partial charge is 0.245 e. The zero-order valence-corrected chi connectivity index (χ0v) is 19.6. The van der Waals surface area contributed by atoms with Crippen molar-refractivity contribution in [2.45, 2.75) is 0 Å². The van der Waals surface area contributed by atoms with Gasteiger partial charge in [-0.15, -0.1) is 11.3 Å². The SMILES string of the molecule is c1ccc2c(c1)sc1ncc3cc(-c4ccc5c6ccccc6c6ccccc6c5c4)ccc3c12. The average Bonchev–Trinajstić information content (AvgIpc) is 3.32. The molecule has 1 nitrogen and oxygen atoms in total. The number of aromatic nitrogens is 1. The van der Waals surface area contributed by atoms with Crippen LogP contribution in [0.5, 0.6) is 0 Å². The van der Waals surface area contributed by atoms with E-state index in [2.05, 4.69) is 109 Å². The van der Waals surface area contributed by atoms with E-state index in [1.807, 2.05) is 6.20 Å². The fourth-order valence-corrected chi connectivity index (χ4v) is 6.74. The molecule has 6 aromatic carbocycles. The van der Waals surface area contributed by atoms with E-state index in [-0.39, 0.29) is 0 Å². The lowest BCUT2D eigenvalue weighted by Crippen LogP contribution is -1.85. The topological polar surface area (TPSA) is 12.9 Å². The molecule has 2 heteroatoms. The van der Waals surface area contributed by atoms with Gasteiger partial charge in [-0.2, -0.15) is 0 Å². The number of pyridine rings is 1. The van der Waals surface area contributed by atoms with Crippen LogP contribution >= 0.6 is 11.3 Å². The van der Waals surface area contributed by atoms with Crippen LogP contribution < -0.4 is 0 Å². The van der Waals surface area contributed by atoms with E-state index in [1.165, 1.54) is 69.7 Å². The third kappa shape index (κ3) is 2.72. The van der Waals surface area contributed by atoms with Crippen molar-refractivity contribution in [3.8, 4) is 11.1 Å². The molecule has 0 aliphatic carbocycles. The highest BCUT2D eigenvalue weighted by Crippen LogP contribution is 2.40. The predicted octanol–water partition coefficient (Wildman–Crippen LogP) is 9.73. The van der Waals surface area contributed by atoms with Crippen molar-refractivity contribution in [3.63, 3.8) is 0 Å². The maximum atomic E-state index is 4.82. The molecule has 8 rings (SSSR count). The smallest absolute Gasteiger partial charge is 0.125 e. The summed E-state index contributed by atoms with van der Waals surface area (Å²) in [6, 6.07) is 39.8. The molecule has 0 saturated carbocycles. The fraction of sp³-hybridized carbons (Fsp3) is 0. The minimum absolute atomic E-state index is 1.11. The van der Waals surface area contributed by atoms with Gasteiger partial charge in [0.2, 0.25) is 0 Å². The van der Waals surface area contributed by atoms with Gasteiger partial charge >= 0.3 is 0 Å². The third-order valence-electron chi connectivity index (χ3n) is 7.30. The molecule has 0 fully saturated rings. The number of hydrogen-bond donors (Lipinski definition) is 0. The number of benzene rings is 6. The summed E-state index contributed by atoms with van der Waals surface area (Å²) in [5, 5.41) is 12.9. The van der Waals surface area contributed by atoms with Crippen molar-refractivity contribution in [2.24, 2.45) is 0 Å². The maximum absolute atomic E-state index is 4.82. The van der Waals surface area contributed by atoms with E-state index in [0.717, 1.165) is 4.83 Å². The Balaban J connectivity index is 1.39. The van der Waals surface area contributed by atoms with Crippen LogP contribution in [0.15, 0.2) is 115 Å². The second-order valence-corrected chi connectivity index (χ2v) is 10.2. The number of rotatable bonds is 1. The molecule has 0 aliphatic rings. The van der Waals surface area contributed by atoms with E-state index < -0.39 is 0 Å². The number of thiophene rings is 1. The Morgan fingerprint density at radius 2 is 1.00 bits per heavy atom. The van der Waals surface area contributed by atoms with Gasteiger partial charge in [-0.05, 0) is 67.0 Å². The van der Waals surface area contributed by atoms with Gasteiger partial charge in [0, 0.05) is 27.1 Å². The summed E-state index contributed by atoms with van der Waals surface area (Å²) >= 11 is 1.77. The lowest BCUT2D eigenvalue weighted by molar-refractivity contribution is 1.48. The predicted molar refractivity (Wildman–Crippen MR) is 153 cm³/mol. The lowest BCUT2D eigenvalue weighted by atomic mass is 9.91. The van der Waals surface area contributed by atoms with Crippen molar-refractivity contribution in [1.29, 1.82) is 0 Å². The van der Waals surface area contributed by atoms with E-state index in [4.69, 9.17) is 4.98 Å². The van der Waals surface area contributed by atoms with Crippen LogP contribution in [0.1, 0.15) is 0 Å². The zero-order chi connectivity index (χ0) is 22.9. The highest BCUT2D eigenvalue weighted by atomic mass is 32.1. The molecule has 2 aromatic heterocycles. The number of hydrogen-bond acceptors (Lipinski definition) is 2. The van der Waals surface area contributed by atoms with Gasteiger partial charge in [0.1, 0.15) is 4.83 Å². The molecule has 0 unspecified atom stereocenters. The molecular weight excluding hydrogens is 442 g/mol. The first-order valence-electron chi connectivity index (χ1n) is 11.9. The van der Waals surface area contributed by atoms with Gasteiger partial charge in [0.05, 0.1) is 0 Å². The maximum Gasteiger partial charge on any atom is 0.125 e. The minimum Gasteiger partial charge on any atom is -0.245 e. The molecule has 2 heterocycles. The monoisotopic (exact) mass is 461 g/mol. The first-order chi connectivity index (χ1) is 17.3. The standard InChI is InChI=1S/C33H19NS/c1-2-9-26-24(7-1)25-8-3-4-10-27(25)30-18-21(14-16-28(26)30)20-13-15-23-22(17-20)19-34-33-32(23)29-11-5-6-12-31(29)35-33/h1-19H. The fourth-order valence-electron chi connectivity index (χ4n) is 5.68. The van der Waals surface area contributed by atoms with E-state index in [1.54, 1.807) is 11.3 Å². The summed E-state index contributed by atoms with van der Waals surface area (Å²) in [5.41, 5.74) is 2.45. The van der Waals surface area contributed by atoms with Crippen molar-refractivity contribution >= 4 is 74.7 Å². The molecular formula is C33H19NS. The molecule has 0 spiro atoms. The lowest BCUT2D eigenvalue weighted by Gasteiger charge is -2.12.